The number of fused-ring (bicyclic) bond motifs is 1. The van der Waals surface area contributed by atoms with Crippen LogP contribution in [-0.4, -0.2) is 15.5 Å². The Balaban J connectivity index is 1.70. The third-order valence-electron chi connectivity index (χ3n) is 3.64. The summed E-state index contributed by atoms with van der Waals surface area (Å²) in [5.41, 5.74) is 4.17. The summed E-state index contributed by atoms with van der Waals surface area (Å²) in [6.45, 7) is 7.36. The van der Waals surface area contributed by atoms with Crippen molar-refractivity contribution < 1.29 is 0 Å². The molecule has 3 rings (SSSR count). The third-order valence-corrected chi connectivity index (χ3v) is 3.64. The molecular weight excluding hydrogens is 234 g/mol. The van der Waals surface area contributed by atoms with Crippen molar-refractivity contribution in [1.82, 2.24) is 15.3 Å². The van der Waals surface area contributed by atoms with Crippen LogP contribution in [0.4, 0.5) is 0 Å². The molecule has 1 aliphatic carbocycles. The number of hydrogen-bond donors (Lipinski definition) is 2. The van der Waals surface area contributed by atoms with E-state index in [0.717, 1.165) is 24.5 Å². The second-order valence-corrected chi connectivity index (χ2v) is 6.35. The molecule has 0 saturated carbocycles. The van der Waals surface area contributed by atoms with Gasteiger partial charge >= 0.3 is 0 Å². The fraction of sp³-hybridized carbons (Fsp3) is 0.438. The summed E-state index contributed by atoms with van der Waals surface area (Å²) < 4.78 is 0. The molecule has 2 aromatic rings. The van der Waals surface area contributed by atoms with Crippen LogP contribution in [0.1, 0.15) is 49.3 Å². The lowest BCUT2D eigenvalue weighted by Gasteiger charge is -2.28. The number of hydrogen-bond acceptors (Lipinski definition) is 2. The van der Waals surface area contributed by atoms with Crippen molar-refractivity contribution in [2.45, 2.75) is 45.2 Å². The van der Waals surface area contributed by atoms with Gasteiger partial charge in [0.05, 0.1) is 0 Å². The molecule has 3 nitrogen and oxygen atoms in total. The molecule has 0 bridgehead atoms. The molecule has 1 aromatic carbocycles. The maximum Gasteiger partial charge on any atom is 0.114 e. The first kappa shape index (κ1) is 12.4. The van der Waals surface area contributed by atoms with Crippen LogP contribution < -0.4 is 5.32 Å². The van der Waals surface area contributed by atoms with E-state index in [1.54, 1.807) is 0 Å². The number of imidazole rings is 1. The maximum atomic E-state index is 4.54. The fourth-order valence-corrected chi connectivity index (χ4v) is 2.51. The largest absolute Gasteiger partial charge is 0.344 e. The predicted molar refractivity (Wildman–Crippen MR) is 77.2 cm³/mol. The molecule has 1 atom stereocenters. The molecule has 1 aliphatic rings. The lowest BCUT2D eigenvalue weighted by molar-refractivity contribution is 0.421. The van der Waals surface area contributed by atoms with Gasteiger partial charge in [0.15, 0.2) is 0 Å². The van der Waals surface area contributed by atoms with Gasteiger partial charge in [0.25, 0.3) is 0 Å². The van der Waals surface area contributed by atoms with E-state index in [0.29, 0.717) is 5.92 Å². The Morgan fingerprint density at radius 3 is 2.84 bits per heavy atom. The van der Waals surface area contributed by atoms with Gasteiger partial charge in [-0.3, -0.25) is 0 Å². The molecule has 0 saturated heterocycles. The number of aromatic amines is 1. The normalized spacial score (nSPS) is 17.9. The van der Waals surface area contributed by atoms with Crippen molar-refractivity contribution >= 4 is 0 Å². The van der Waals surface area contributed by atoms with Crippen molar-refractivity contribution in [2.75, 3.05) is 0 Å². The average molecular weight is 255 g/mol. The summed E-state index contributed by atoms with van der Waals surface area (Å²) in [5.74, 6) is 1.56. The van der Waals surface area contributed by atoms with Crippen molar-refractivity contribution in [2.24, 2.45) is 0 Å². The van der Waals surface area contributed by atoms with Gasteiger partial charge in [-0.1, -0.05) is 24.3 Å². The molecular formula is C16H21N3. The Bertz CT molecular complexity index is 578. The van der Waals surface area contributed by atoms with Crippen LogP contribution in [0.25, 0.3) is 0 Å². The van der Waals surface area contributed by atoms with Crippen molar-refractivity contribution in [3.63, 3.8) is 0 Å². The number of benzene rings is 1. The Kier molecular flexibility index (Phi) is 2.94. The van der Waals surface area contributed by atoms with E-state index in [1.807, 2.05) is 6.20 Å². The zero-order valence-corrected chi connectivity index (χ0v) is 11.8. The maximum absolute atomic E-state index is 4.54. The first-order chi connectivity index (χ1) is 9.03. The molecule has 0 aliphatic heterocycles. The van der Waals surface area contributed by atoms with Gasteiger partial charge in [-0.2, -0.15) is 0 Å². The van der Waals surface area contributed by atoms with Crippen LogP contribution in [0.5, 0.6) is 0 Å². The standard InChI is InChI=1S/C16H21N3/c1-16(2,3)18-10-12-9-17-15(19-12)14-8-11-6-4-5-7-13(11)14/h4-7,9,14,18H,8,10H2,1-3H3,(H,17,19). The monoisotopic (exact) mass is 255 g/mol. The highest BCUT2D eigenvalue weighted by Gasteiger charge is 2.29. The molecule has 100 valence electrons. The summed E-state index contributed by atoms with van der Waals surface area (Å²) >= 11 is 0. The van der Waals surface area contributed by atoms with Gasteiger partial charge in [-0.15, -0.1) is 0 Å². The highest BCUT2D eigenvalue weighted by molar-refractivity contribution is 5.44. The SMILES string of the molecule is CC(C)(C)NCc1cnc(C2Cc3ccccc32)[nH]1. The molecule has 0 amide bonds. The molecule has 1 heterocycles. The summed E-state index contributed by atoms with van der Waals surface area (Å²) in [5, 5.41) is 3.47. The van der Waals surface area contributed by atoms with E-state index in [-0.39, 0.29) is 5.54 Å². The first-order valence-corrected chi connectivity index (χ1v) is 6.89. The number of aromatic nitrogens is 2. The number of nitrogens with zero attached hydrogens (tertiary/aromatic N) is 1. The van der Waals surface area contributed by atoms with E-state index in [4.69, 9.17) is 0 Å². The summed E-state index contributed by atoms with van der Waals surface area (Å²) in [4.78, 5) is 8.00. The third kappa shape index (κ3) is 2.56. The van der Waals surface area contributed by atoms with Gasteiger partial charge in [0.2, 0.25) is 0 Å². The topological polar surface area (TPSA) is 40.7 Å². The van der Waals surface area contributed by atoms with E-state index in [9.17, 15) is 0 Å². The Morgan fingerprint density at radius 2 is 2.11 bits per heavy atom. The molecule has 0 spiro atoms. The van der Waals surface area contributed by atoms with Gasteiger partial charge in [-0.05, 0) is 38.3 Å². The molecule has 3 heteroatoms. The van der Waals surface area contributed by atoms with Crippen LogP contribution >= 0.6 is 0 Å². The van der Waals surface area contributed by atoms with Crippen molar-refractivity contribution in [3.8, 4) is 0 Å². The fourth-order valence-electron chi connectivity index (χ4n) is 2.51. The van der Waals surface area contributed by atoms with Gasteiger partial charge in [0, 0.05) is 29.9 Å². The van der Waals surface area contributed by atoms with Crippen LogP contribution in [0, 0.1) is 0 Å². The number of H-pyrrole nitrogens is 1. The highest BCUT2D eigenvalue weighted by atomic mass is 15.0. The van der Waals surface area contributed by atoms with Crippen molar-refractivity contribution in [3.05, 3.63) is 53.1 Å². The minimum Gasteiger partial charge on any atom is -0.344 e. The van der Waals surface area contributed by atoms with E-state index < -0.39 is 0 Å². The molecule has 2 N–H and O–H groups in total. The predicted octanol–water partition coefficient (Wildman–Crippen LogP) is 2.99. The molecule has 0 radical (unpaired) electrons. The van der Waals surface area contributed by atoms with Crippen LogP contribution in [0.15, 0.2) is 30.5 Å². The molecule has 0 fully saturated rings. The quantitative estimate of drug-likeness (QED) is 0.885. The highest BCUT2D eigenvalue weighted by Crippen LogP contribution is 2.38. The second kappa shape index (κ2) is 4.49. The minimum atomic E-state index is 0.133. The van der Waals surface area contributed by atoms with E-state index in [2.05, 4.69) is 60.3 Å². The lowest BCUT2D eigenvalue weighted by Crippen LogP contribution is -2.35. The smallest absolute Gasteiger partial charge is 0.114 e. The Hall–Kier alpha value is -1.61. The molecule has 1 unspecified atom stereocenters. The summed E-state index contributed by atoms with van der Waals surface area (Å²) in [6, 6.07) is 8.63. The lowest BCUT2D eigenvalue weighted by atomic mass is 9.77. The Morgan fingerprint density at radius 1 is 1.32 bits per heavy atom. The number of rotatable bonds is 3. The molecule has 1 aromatic heterocycles. The number of nitrogens with one attached hydrogen (secondary N) is 2. The van der Waals surface area contributed by atoms with Gasteiger partial charge in [-0.25, -0.2) is 4.98 Å². The van der Waals surface area contributed by atoms with Crippen molar-refractivity contribution in [1.29, 1.82) is 0 Å². The molecule has 19 heavy (non-hydrogen) atoms. The summed E-state index contributed by atoms with van der Waals surface area (Å²) in [7, 11) is 0. The zero-order valence-electron chi connectivity index (χ0n) is 11.8. The van der Waals surface area contributed by atoms with Crippen LogP contribution in [0.2, 0.25) is 0 Å². The van der Waals surface area contributed by atoms with Crippen LogP contribution in [-0.2, 0) is 13.0 Å². The van der Waals surface area contributed by atoms with Gasteiger partial charge in [0.1, 0.15) is 5.82 Å². The second-order valence-electron chi connectivity index (χ2n) is 6.35. The zero-order chi connectivity index (χ0) is 13.5. The van der Waals surface area contributed by atoms with Gasteiger partial charge < -0.3 is 10.3 Å². The minimum absolute atomic E-state index is 0.133. The van der Waals surface area contributed by atoms with E-state index in [1.165, 1.54) is 11.1 Å². The Labute approximate surface area is 114 Å². The average Bonchev–Trinajstić information content (AvgIpc) is 2.76. The summed E-state index contributed by atoms with van der Waals surface area (Å²) in [6.07, 6.45) is 3.06. The van der Waals surface area contributed by atoms with Crippen LogP contribution in [0.3, 0.4) is 0 Å². The first-order valence-electron chi connectivity index (χ1n) is 6.89. The van der Waals surface area contributed by atoms with E-state index >= 15 is 0 Å².